The Balaban J connectivity index is 1.21. The van der Waals surface area contributed by atoms with Crippen molar-refractivity contribution in [3.05, 3.63) is 41.7 Å². The normalized spacial score (nSPS) is 29.2. The maximum atomic E-state index is 12.8. The van der Waals surface area contributed by atoms with Crippen molar-refractivity contribution in [2.45, 2.75) is 44.3 Å². The lowest BCUT2D eigenvalue weighted by atomic mass is 9.73. The quantitative estimate of drug-likeness (QED) is 0.783. The molecule has 154 valence electrons. The molecule has 5 rings (SSSR count). The number of benzene rings is 1. The Labute approximate surface area is 171 Å². The molecule has 2 bridgehead atoms. The first-order chi connectivity index (χ1) is 14.3. The molecule has 2 aromatic rings. The second-order valence-electron chi connectivity index (χ2n) is 8.70. The van der Waals surface area contributed by atoms with Gasteiger partial charge in [-0.3, -0.25) is 9.69 Å². The lowest BCUT2D eigenvalue weighted by Crippen LogP contribution is -2.65. The molecule has 29 heavy (non-hydrogen) atoms. The van der Waals surface area contributed by atoms with Gasteiger partial charge >= 0.3 is 0 Å². The average Bonchev–Trinajstić information content (AvgIpc) is 3.27. The van der Waals surface area contributed by atoms with Gasteiger partial charge in [-0.05, 0) is 78.9 Å². The molecule has 4 heterocycles. The monoisotopic (exact) mass is 395 g/mol. The second kappa shape index (κ2) is 8.20. The van der Waals surface area contributed by atoms with Crippen molar-refractivity contribution in [2.24, 2.45) is 11.8 Å². The van der Waals surface area contributed by atoms with E-state index >= 15 is 0 Å². The molecule has 0 radical (unpaired) electrons. The molecule has 8 heteroatoms. The summed E-state index contributed by atoms with van der Waals surface area (Å²) in [5.41, 5.74) is 1.77. The number of hydrogen-bond acceptors (Lipinski definition) is 6. The van der Waals surface area contributed by atoms with Crippen molar-refractivity contribution in [3.63, 3.8) is 0 Å². The molecule has 0 saturated carbocycles. The zero-order valence-electron chi connectivity index (χ0n) is 16.7. The number of amides is 1. The van der Waals surface area contributed by atoms with Crippen LogP contribution in [0.3, 0.4) is 0 Å². The summed E-state index contributed by atoms with van der Waals surface area (Å²) in [6, 6.07) is 8.85. The van der Waals surface area contributed by atoms with Crippen LogP contribution in [0.25, 0.3) is 0 Å². The third-order valence-corrected chi connectivity index (χ3v) is 6.95. The van der Waals surface area contributed by atoms with Crippen LogP contribution in [-0.4, -0.2) is 69.3 Å². The molecule has 1 aromatic heterocycles. The van der Waals surface area contributed by atoms with Gasteiger partial charge < -0.3 is 10.6 Å². The van der Waals surface area contributed by atoms with E-state index in [1.54, 1.807) is 11.0 Å². The van der Waals surface area contributed by atoms with Gasteiger partial charge in [-0.1, -0.05) is 18.6 Å². The lowest BCUT2D eigenvalue weighted by molar-refractivity contribution is -0.0371. The van der Waals surface area contributed by atoms with Crippen LogP contribution in [0.4, 0.5) is 0 Å². The fourth-order valence-electron chi connectivity index (χ4n) is 5.55. The summed E-state index contributed by atoms with van der Waals surface area (Å²) in [6.07, 6.45) is 6.84. The highest BCUT2D eigenvalue weighted by Crippen LogP contribution is 2.38. The summed E-state index contributed by atoms with van der Waals surface area (Å²) < 4.78 is 1.67. The number of fused-ring (bicyclic) bond motifs is 4. The summed E-state index contributed by atoms with van der Waals surface area (Å²) in [7, 11) is 0. The Hall–Kier alpha value is -2.32. The van der Waals surface area contributed by atoms with E-state index in [0.717, 1.165) is 31.1 Å². The van der Waals surface area contributed by atoms with E-state index < -0.39 is 0 Å². The van der Waals surface area contributed by atoms with Gasteiger partial charge in [-0.2, -0.15) is 0 Å². The van der Waals surface area contributed by atoms with Gasteiger partial charge in [0.15, 0.2) is 0 Å². The van der Waals surface area contributed by atoms with E-state index in [1.807, 2.05) is 24.3 Å². The minimum Gasteiger partial charge on any atom is -0.350 e. The number of carbonyl (C=O) groups excluding carboxylic acids is 1. The van der Waals surface area contributed by atoms with Crippen LogP contribution >= 0.6 is 0 Å². The predicted octanol–water partition coefficient (Wildman–Crippen LogP) is 0.914. The van der Waals surface area contributed by atoms with Crippen LogP contribution in [-0.2, 0) is 6.54 Å². The van der Waals surface area contributed by atoms with Crippen LogP contribution in [0.5, 0.6) is 0 Å². The number of carbonyl (C=O) groups is 1. The van der Waals surface area contributed by atoms with Crippen molar-refractivity contribution < 1.29 is 4.79 Å². The molecule has 2 N–H and O–H groups in total. The predicted molar refractivity (Wildman–Crippen MR) is 108 cm³/mol. The molecule has 8 nitrogen and oxygen atoms in total. The Morgan fingerprint density at radius 2 is 2.03 bits per heavy atom. The standard InChI is InChI=1S/C21H29N7O/c29-21(16-6-4-15(5-7-16)13-27-14-24-25-26-27)23-12-20-18-9-17(10-22-11-18)19-3-1-2-8-28(19)20/h4-7,14,17-20,22H,1-3,8-13H2,(H,23,29)/t17-,18+,19+,20+/m1/s1. The first-order valence-electron chi connectivity index (χ1n) is 10.8. The molecule has 1 aromatic carbocycles. The highest BCUT2D eigenvalue weighted by molar-refractivity contribution is 5.94. The number of nitrogens with one attached hydrogen (secondary N) is 2. The van der Waals surface area contributed by atoms with Crippen LogP contribution in [0, 0.1) is 11.8 Å². The zero-order chi connectivity index (χ0) is 19.6. The third kappa shape index (κ3) is 3.91. The Bertz CT molecular complexity index is 822. The highest BCUT2D eigenvalue weighted by atomic mass is 16.1. The summed E-state index contributed by atoms with van der Waals surface area (Å²) in [4.78, 5) is 15.5. The van der Waals surface area contributed by atoms with Gasteiger partial charge in [0.25, 0.3) is 5.91 Å². The van der Waals surface area contributed by atoms with Crippen LogP contribution in [0.2, 0.25) is 0 Å². The summed E-state index contributed by atoms with van der Waals surface area (Å²) in [6.45, 7) is 4.76. The van der Waals surface area contributed by atoms with E-state index in [-0.39, 0.29) is 5.91 Å². The van der Waals surface area contributed by atoms with E-state index in [4.69, 9.17) is 0 Å². The van der Waals surface area contributed by atoms with Crippen LogP contribution in [0.1, 0.15) is 41.6 Å². The first kappa shape index (κ1) is 18.7. The summed E-state index contributed by atoms with van der Waals surface area (Å²) >= 11 is 0. The lowest BCUT2D eigenvalue weighted by Gasteiger charge is -2.55. The molecule has 0 aliphatic carbocycles. The maximum absolute atomic E-state index is 12.8. The number of piperidine rings is 3. The molecule has 3 fully saturated rings. The minimum atomic E-state index is 0.0124. The highest BCUT2D eigenvalue weighted by Gasteiger charge is 2.45. The fraction of sp³-hybridized carbons (Fsp3) is 0.619. The molecule has 0 spiro atoms. The first-order valence-corrected chi connectivity index (χ1v) is 10.8. The summed E-state index contributed by atoms with van der Waals surface area (Å²) in [5.74, 6) is 1.44. The number of rotatable bonds is 5. The SMILES string of the molecule is O=C(NC[C@H]1[C@@H]2CNC[C@@H](C2)[C@@H]2CCCCN21)c1ccc(Cn2cnnn2)cc1. The van der Waals surface area contributed by atoms with Crippen LogP contribution in [0.15, 0.2) is 30.6 Å². The number of tetrazole rings is 1. The van der Waals surface area contributed by atoms with Crippen LogP contribution < -0.4 is 10.6 Å². The fourth-order valence-corrected chi connectivity index (χ4v) is 5.55. The van der Waals surface area contributed by atoms with Gasteiger partial charge in [0.1, 0.15) is 6.33 Å². The molecule has 1 amide bonds. The zero-order valence-corrected chi connectivity index (χ0v) is 16.7. The van der Waals surface area contributed by atoms with Gasteiger partial charge in [-0.25, -0.2) is 4.68 Å². The molecule has 3 saturated heterocycles. The molecular weight excluding hydrogens is 366 g/mol. The maximum Gasteiger partial charge on any atom is 0.251 e. The average molecular weight is 396 g/mol. The summed E-state index contributed by atoms with van der Waals surface area (Å²) in [5, 5.41) is 18.0. The minimum absolute atomic E-state index is 0.0124. The largest absolute Gasteiger partial charge is 0.350 e. The Kier molecular flexibility index (Phi) is 5.28. The third-order valence-electron chi connectivity index (χ3n) is 6.95. The molecular formula is C21H29N7O. The smallest absolute Gasteiger partial charge is 0.251 e. The number of hydrogen-bond donors (Lipinski definition) is 2. The van der Waals surface area contributed by atoms with Gasteiger partial charge in [-0.15, -0.1) is 5.10 Å². The molecule has 3 aliphatic rings. The number of nitrogens with zero attached hydrogens (tertiary/aromatic N) is 5. The number of aromatic nitrogens is 4. The van der Waals surface area contributed by atoms with E-state index in [0.29, 0.717) is 30.1 Å². The van der Waals surface area contributed by atoms with Crippen molar-refractivity contribution >= 4 is 5.91 Å². The van der Waals surface area contributed by atoms with Gasteiger partial charge in [0.2, 0.25) is 0 Å². The second-order valence-corrected chi connectivity index (χ2v) is 8.70. The topological polar surface area (TPSA) is 88.0 Å². The van der Waals surface area contributed by atoms with Gasteiger partial charge in [0.05, 0.1) is 6.54 Å². The van der Waals surface area contributed by atoms with E-state index in [1.165, 1.54) is 32.2 Å². The Morgan fingerprint density at radius 1 is 1.17 bits per heavy atom. The molecule has 0 unspecified atom stereocenters. The van der Waals surface area contributed by atoms with Crippen molar-refractivity contribution in [3.8, 4) is 0 Å². The van der Waals surface area contributed by atoms with E-state index in [2.05, 4.69) is 31.1 Å². The van der Waals surface area contributed by atoms with Gasteiger partial charge in [0, 0.05) is 24.2 Å². The van der Waals surface area contributed by atoms with Crippen molar-refractivity contribution in [1.29, 1.82) is 0 Å². The molecule has 3 aliphatic heterocycles. The Morgan fingerprint density at radius 3 is 2.86 bits per heavy atom. The molecule has 4 atom stereocenters. The van der Waals surface area contributed by atoms with Crippen molar-refractivity contribution in [2.75, 3.05) is 26.2 Å². The van der Waals surface area contributed by atoms with E-state index in [9.17, 15) is 4.79 Å². The van der Waals surface area contributed by atoms with Crippen molar-refractivity contribution in [1.82, 2.24) is 35.7 Å².